The van der Waals surface area contributed by atoms with Crippen LogP contribution in [0, 0.1) is 5.92 Å². The Kier molecular flexibility index (Phi) is 6.06. The molecule has 1 aromatic rings. The molecule has 0 aliphatic carbocycles. The first-order chi connectivity index (χ1) is 9.70. The zero-order chi connectivity index (χ0) is 14.4. The summed E-state index contributed by atoms with van der Waals surface area (Å²) in [5.74, 6) is 0.736. The van der Waals surface area contributed by atoms with Gasteiger partial charge >= 0.3 is 0 Å². The van der Waals surface area contributed by atoms with Crippen LogP contribution in [-0.2, 0) is 6.42 Å². The predicted molar refractivity (Wildman–Crippen MR) is 87.1 cm³/mol. The molecule has 1 aliphatic heterocycles. The standard InChI is InChI=1S/C18H30N2/c1-4-18(20-12-5-10-19-11-13-20)17-8-6-16(7-9-17)14-15(2)3/h6-9,15,18-19H,4-5,10-14H2,1-3H3. The SMILES string of the molecule is CCC(c1ccc(CC(C)C)cc1)N1CCCNCC1. The van der Waals surface area contributed by atoms with Crippen molar-refractivity contribution < 1.29 is 0 Å². The van der Waals surface area contributed by atoms with E-state index in [-0.39, 0.29) is 0 Å². The summed E-state index contributed by atoms with van der Waals surface area (Å²) >= 11 is 0. The number of hydrogen-bond acceptors (Lipinski definition) is 2. The van der Waals surface area contributed by atoms with Gasteiger partial charge in [-0.25, -0.2) is 0 Å². The first-order valence-electron chi connectivity index (χ1n) is 8.24. The lowest BCUT2D eigenvalue weighted by molar-refractivity contribution is 0.205. The van der Waals surface area contributed by atoms with Crippen molar-refractivity contribution >= 4 is 0 Å². The summed E-state index contributed by atoms with van der Waals surface area (Å²) in [4.78, 5) is 2.65. The molecule has 0 saturated carbocycles. The van der Waals surface area contributed by atoms with Crippen LogP contribution in [0.2, 0.25) is 0 Å². The van der Waals surface area contributed by atoms with Gasteiger partial charge in [0.25, 0.3) is 0 Å². The molecule has 1 aliphatic rings. The summed E-state index contributed by atoms with van der Waals surface area (Å²) in [5, 5.41) is 3.50. The molecule has 1 aromatic carbocycles. The maximum atomic E-state index is 3.50. The van der Waals surface area contributed by atoms with Gasteiger partial charge in [-0.15, -0.1) is 0 Å². The van der Waals surface area contributed by atoms with E-state index in [2.05, 4.69) is 55.3 Å². The van der Waals surface area contributed by atoms with Gasteiger partial charge in [-0.1, -0.05) is 45.0 Å². The molecule has 1 saturated heterocycles. The van der Waals surface area contributed by atoms with Crippen molar-refractivity contribution in [3.05, 3.63) is 35.4 Å². The van der Waals surface area contributed by atoms with E-state index in [1.54, 1.807) is 0 Å². The third kappa shape index (κ3) is 4.32. The summed E-state index contributed by atoms with van der Waals surface area (Å²) in [5.41, 5.74) is 2.96. The maximum Gasteiger partial charge on any atom is 0.0346 e. The molecule has 0 amide bonds. The quantitative estimate of drug-likeness (QED) is 0.882. The highest BCUT2D eigenvalue weighted by molar-refractivity contribution is 5.25. The highest BCUT2D eigenvalue weighted by atomic mass is 15.2. The van der Waals surface area contributed by atoms with Gasteiger partial charge in [0.05, 0.1) is 0 Å². The van der Waals surface area contributed by atoms with Crippen molar-refractivity contribution in [3.8, 4) is 0 Å². The summed E-state index contributed by atoms with van der Waals surface area (Å²) < 4.78 is 0. The molecule has 2 nitrogen and oxygen atoms in total. The van der Waals surface area contributed by atoms with Crippen molar-refractivity contribution in [2.45, 2.75) is 46.1 Å². The largest absolute Gasteiger partial charge is 0.315 e. The minimum absolute atomic E-state index is 0.586. The van der Waals surface area contributed by atoms with Crippen molar-refractivity contribution in [2.75, 3.05) is 26.2 Å². The Morgan fingerprint density at radius 2 is 1.85 bits per heavy atom. The number of hydrogen-bond donors (Lipinski definition) is 1. The Morgan fingerprint density at radius 1 is 1.10 bits per heavy atom. The average molecular weight is 274 g/mol. The molecular weight excluding hydrogens is 244 g/mol. The van der Waals surface area contributed by atoms with E-state index in [9.17, 15) is 0 Å². The van der Waals surface area contributed by atoms with Crippen LogP contribution in [0.4, 0.5) is 0 Å². The van der Waals surface area contributed by atoms with Crippen molar-refractivity contribution in [1.29, 1.82) is 0 Å². The van der Waals surface area contributed by atoms with Crippen LogP contribution in [0.1, 0.15) is 50.8 Å². The van der Waals surface area contributed by atoms with Gasteiger partial charge in [-0.2, -0.15) is 0 Å². The third-order valence-electron chi connectivity index (χ3n) is 4.21. The van der Waals surface area contributed by atoms with Crippen LogP contribution in [-0.4, -0.2) is 31.1 Å². The van der Waals surface area contributed by atoms with E-state index in [0.717, 1.165) is 12.5 Å². The lowest BCUT2D eigenvalue weighted by atomic mass is 9.97. The first kappa shape index (κ1) is 15.5. The normalized spacial score (nSPS) is 19.0. The van der Waals surface area contributed by atoms with Crippen LogP contribution < -0.4 is 5.32 Å². The minimum atomic E-state index is 0.586. The minimum Gasteiger partial charge on any atom is -0.315 e. The number of rotatable bonds is 5. The zero-order valence-electron chi connectivity index (χ0n) is 13.4. The molecule has 1 fully saturated rings. The summed E-state index contributed by atoms with van der Waals surface area (Å²) in [6, 6.07) is 9.94. The maximum absolute atomic E-state index is 3.50. The molecule has 112 valence electrons. The molecule has 1 N–H and O–H groups in total. The summed E-state index contributed by atoms with van der Waals surface area (Å²) in [6.45, 7) is 11.6. The molecule has 1 atom stereocenters. The van der Waals surface area contributed by atoms with Crippen molar-refractivity contribution in [2.24, 2.45) is 5.92 Å². The smallest absolute Gasteiger partial charge is 0.0346 e. The van der Waals surface area contributed by atoms with Crippen molar-refractivity contribution in [3.63, 3.8) is 0 Å². The van der Waals surface area contributed by atoms with Gasteiger partial charge < -0.3 is 5.32 Å². The van der Waals surface area contributed by atoms with E-state index in [1.165, 1.54) is 50.0 Å². The fraction of sp³-hybridized carbons (Fsp3) is 0.667. The Bertz CT molecular complexity index is 375. The van der Waals surface area contributed by atoms with Gasteiger partial charge in [0, 0.05) is 25.7 Å². The molecule has 1 unspecified atom stereocenters. The van der Waals surface area contributed by atoms with Gasteiger partial charge in [-0.3, -0.25) is 4.90 Å². The molecule has 2 heteroatoms. The van der Waals surface area contributed by atoms with Crippen LogP contribution in [0.25, 0.3) is 0 Å². The number of nitrogens with zero attached hydrogens (tertiary/aromatic N) is 1. The molecule has 0 bridgehead atoms. The van der Waals surface area contributed by atoms with Gasteiger partial charge in [0.2, 0.25) is 0 Å². The number of nitrogens with one attached hydrogen (secondary N) is 1. The fourth-order valence-corrected chi connectivity index (χ4v) is 3.23. The zero-order valence-corrected chi connectivity index (χ0v) is 13.4. The Hall–Kier alpha value is -0.860. The van der Waals surface area contributed by atoms with E-state index in [4.69, 9.17) is 0 Å². The molecule has 20 heavy (non-hydrogen) atoms. The average Bonchev–Trinajstić information content (AvgIpc) is 2.70. The van der Waals surface area contributed by atoms with Gasteiger partial charge in [0.15, 0.2) is 0 Å². The van der Waals surface area contributed by atoms with Gasteiger partial charge in [-0.05, 0) is 42.9 Å². The molecule has 0 aromatic heterocycles. The summed E-state index contributed by atoms with van der Waals surface area (Å²) in [7, 11) is 0. The first-order valence-corrected chi connectivity index (χ1v) is 8.24. The molecule has 0 spiro atoms. The molecule has 0 radical (unpaired) electrons. The number of benzene rings is 1. The Balaban J connectivity index is 2.06. The monoisotopic (exact) mass is 274 g/mol. The van der Waals surface area contributed by atoms with Gasteiger partial charge in [0.1, 0.15) is 0 Å². The molecule has 2 rings (SSSR count). The Labute approximate surface area is 124 Å². The third-order valence-corrected chi connectivity index (χ3v) is 4.21. The van der Waals surface area contributed by atoms with Crippen LogP contribution in [0.3, 0.4) is 0 Å². The van der Waals surface area contributed by atoms with Crippen LogP contribution in [0.15, 0.2) is 24.3 Å². The highest BCUT2D eigenvalue weighted by Gasteiger charge is 2.19. The Morgan fingerprint density at radius 3 is 2.50 bits per heavy atom. The predicted octanol–water partition coefficient (Wildman–Crippen LogP) is 3.63. The topological polar surface area (TPSA) is 15.3 Å². The van der Waals surface area contributed by atoms with E-state index < -0.39 is 0 Å². The van der Waals surface area contributed by atoms with E-state index >= 15 is 0 Å². The molecule has 1 heterocycles. The second-order valence-electron chi connectivity index (χ2n) is 6.40. The van der Waals surface area contributed by atoms with Crippen molar-refractivity contribution in [1.82, 2.24) is 10.2 Å². The van der Waals surface area contributed by atoms with E-state index in [1.807, 2.05) is 0 Å². The second kappa shape index (κ2) is 7.80. The second-order valence-corrected chi connectivity index (χ2v) is 6.40. The van der Waals surface area contributed by atoms with Crippen LogP contribution >= 0.6 is 0 Å². The fourth-order valence-electron chi connectivity index (χ4n) is 3.23. The molecular formula is C18H30N2. The lowest BCUT2D eigenvalue weighted by Crippen LogP contribution is -2.32. The van der Waals surface area contributed by atoms with E-state index in [0.29, 0.717) is 6.04 Å². The highest BCUT2D eigenvalue weighted by Crippen LogP contribution is 2.25. The summed E-state index contributed by atoms with van der Waals surface area (Å²) in [6.07, 6.45) is 3.65. The van der Waals surface area contributed by atoms with Crippen LogP contribution in [0.5, 0.6) is 0 Å². The lowest BCUT2D eigenvalue weighted by Gasteiger charge is -2.30.